The summed E-state index contributed by atoms with van der Waals surface area (Å²) in [5.74, 6) is 0.206. The molecule has 0 saturated carbocycles. The van der Waals surface area contributed by atoms with Gasteiger partial charge in [0, 0.05) is 4.88 Å². The quantitative estimate of drug-likeness (QED) is 0.639. The van der Waals surface area contributed by atoms with Gasteiger partial charge in [0.2, 0.25) is 0 Å². The van der Waals surface area contributed by atoms with Crippen LogP contribution in [0.5, 0.6) is 0 Å². The Kier molecular flexibility index (Phi) is 5.82. The van der Waals surface area contributed by atoms with Crippen LogP contribution in [0.3, 0.4) is 0 Å². The molecule has 3 rings (SSSR count). The average molecular weight is 411 g/mol. The van der Waals surface area contributed by atoms with Crippen LogP contribution in [0.4, 0.5) is 4.79 Å². The predicted molar refractivity (Wildman–Crippen MR) is 110 cm³/mol. The van der Waals surface area contributed by atoms with E-state index in [2.05, 4.69) is 5.16 Å². The molecular weight excluding hydrogens is 384 g/mol. The number of aromatic nitrogens is 1. The monoisotopic (exact) mass is 410 g/mol. The summed E-state index contributed by atoms with van der Waals surface area (Å²) in [6.07, 6.45) is -0.148. The van der Waals surface area contributed by atoms with Crippen molar-refractivity contribution in [2.45, 2.75) is 66.5 Å². The van der Waals surface area contributed by atoms with E-state index in [0.29, 0.717) is 17.7 Å². The molecule has 0 saturated heterocycles. The van der Waals surface area contributed by atoms with E-state index in [-0.39, 0.29) is 19.4 Å². The number of nitrogens with zero attached hydrogens (tertiary/aromatic N) is 2. The van der Waals surface area contributed by atoms with E-state index in [4.69, 9.17) is 9.26 Å². The molecular formula is C19H26N2O4S2. The van der Waals surface area contributed by atoms with Gasteiger partial charge >= 0.3 is 6.09 Å². The molecule has 1 aliphatic heterocycles. The Morgan fingerprint density at radius 1 is 1.26 bits per heavy atom. The van der Waals surface area contributed by atoms with Crippen molar-refractivity contribution < 1.29 is 18.8 Å². The van der Waals surface area contributed by atoms with Gasteiger partial charge in [0.25, 0.3) is 5.91 Å². The minimum absolute atomic E-state index is 0. The number of carbonyl (C=O) groups is 2. The standard InChI is InChI=1S/C19H24N2O4S.H2S/c1-8-12-15-14(10(3)20-25-15)16-13(9(2)11(4)26-16)17(22)21(12)18(23)24-19(5,6)7;/h12H,8H2,1-7H3;1H2/t12-;/m0./s1. The highest BCUT2D eigenvalue weighted by Gasteiger charge is 2.43. The van der Waals surface area contributed by atoms with E-state index in [1.807, 2.05) is 27.7 Å². The highest BCUT2D eigenvalue weighted by molar-refractivity contribution is 7.59. The summed E-state index contributed by atoms with van der Waals surface area (Å²) in [7, 11) is 0. The lowest BCUT2D eigenvalue weighted by atomic mass is 10.0. The van der Waals surface area contributed by atoms with Gasteiger partial charge < -0.3 is 9.26 Å². The van der Waals surface area contributed by atoms with Crippen molar-refractivity contribution in [3.05, 3.63) is 27.5 Å². The van der Waals surface area contributed by atoms with E-state index in [0.717, 1.165) is 26.6 Å². The van der Waals surface area contributed by atoms with Gasteiger partial charge in [-0.05, 0) is 53.5 Å². The lowest BCUT2D eigenvalue weighted by Gasteiger charge is -2.29. The average Bonchev–Trinajstić information content (AvgIpc) is 2.99. The molecule has 2 aromatic heterocycles. The van der Waals surface area contributed by atoms with Crippen molar-refractivity contribution in [3.8, 4) is 10.4 Å². The molecule has 27 heavy (non-hydrogen) atoms. The number of amides is 2. The first-order valence-electron chi connectivity index (χ1n) is 8.69. The summed E-state index contributed by atoms with van der Waals surface area (Å²) < 4.78 is 11.1. The SMILES string of the molecule is CC[C@H]1c2onc(C)c2-c2sc(C)c(C)c2C(=O)N1C(=O)OC(C)(C)C.S. The van der Waals surface area contributed by atoms with Gasteiger partial charge in [-0.25, -0.2) is 9.69 Å². The van der Waals surface area contributed by atoms with Crippen LogP contribution < -0.4 is 0 Å². The molecule has 0 fully saturated rings. The zero-order valence-electron chi connectivity index (χ0n) is 16.7. The molecule has 2 amide bonds. The van der Waals surface area contributed by atoms with Crippen LogP contribution in [0.15, 0.2) is 4.52 Å². The molecule has 0 bridgehead atoms. The second kappa shape index (κ2) is 7.31. The van der Waals surface area contributed by atoms with Gasteiger partial charge in [0.15, 0.2) is 5.76 Å². The molecule has 0 unspecified atom stereocenters. The molecule has 0 N–H and O–H groups in total. The fraction of sp³-hybridized carbons (Fsp3) is 0.526. The normalized spacial score (nSPS) is 16.3. The maximum atomic E-state index is 13.4. The molecule has 0 aromatic carbocycles. The van der Waals surface area contributed by atoms with Gasteiger partial charge in [-0.15, -0.1) is 11.3 Å². The van der Waals surface area contributed by atoms with Gasteiger partial charge in [-0.2, -0.15) is 13.5 Å². The van der Waals surface area contributed by atoms with Crippen molar-refractivity contribution in [1.82, 2.24) is 10.1 Å². The van der Waals surface area contributed by atoms with Crippen LogP contribution in [-0.4, -0.2) is 27.7 Å². The number of hydrogen-bond acceptors (Lipinski definition) is 6. The summed E-state index contributed by atoms with van der Waals surface area (Å²) >= 11 is 1.54. The maximum Gasteiger partial charge on any atom is 0.418 e. The molecule has 1 atom stereocenters. The van der Waals surface area contributed by atoms with Gasteiger partial charge in [-0.3, -0.25) is 4.79 Å². The van der Waals surface area contributed by atoms with E-state index in [1.165, 1.54) is 16.2 Å². The highest BCUT2D eigenvalue weighted by atomic mass is 32.1. The zero-order chi connectivity index (χ0) is 19.4. The first-order valence-corrected chi connectivity index (χ1v) is 9.51. The zero-order valence-corrected chi connectivity index (χ0v) is 18.5. The summed E-state index contributed by atoms with van der Waals surface area (Å²) in [5, 5.41) is 4.11. The first kappa shape index (κ1) is 21.5. The number of thiophene rings is 1. The van der Waals surface area contributed by atoms with Crippen molar-refractivity contribution >= 4 is 36.8 Å². The number of imide groups is 1. The number of carbonyl (C=O) groups excluding carboxylic acids is 2. The Morgan fingerprint density at radius 2 is 1.89 bits per heavy atom. The van der Waals surface area contributed by atoms with Crippen LogP contribution in [0.25, 0.3) is 10.4 Å². The number of hydrogen-bond donors (Lipinski definition) is 0. The third-order valence-corrected chi connectivity index (χ3v) is 5.75. The van der Waals surface area contributed by atoms with Crippen LogP contribution in [-0.2, 0) is 4.74 Å². The minimum Gasteiger partial charge on any atom is -0.443 e. The third kappa shape index (κ3) is 3.52. The Bertz CT molecular complexity index is 892. The molecule has 3 heterocycles. The van der Waals surface area contributed by atoms with Crippen LogP contribution in [0.1, 0.15) is 72.4 Å². The van der Waals surface area contributed by atoms with Crippen LogP contribution in [0, 0.1) is 20.8 Å². The summed E-state index contributed by atoms with van der Waals surface area (Å²) in [5.41, 5.74) is 2.27. The largest absolute Gasteiger partial charge is 0.443 e. The van der Waals surface area contributed by atoms with Crippen molar-refractivity contribution in [2.75, 3.05) is 0 Å². The molecule has 6 nitrogen and oxygen atoms in total. The fourth-order valence-electron chi connectivity index (χ4n) is 3.22. The highest BCUT2D eigenvalue weighted by Crippen LogP contribution is 2.47. The molecule has 8 heteroatoms. The second-order valence-electron chi connectivity index (χ2n) is 7.57. The number of rotatable bonds is 1. The first-order chi connectivity index (χ1) is 12.1. The summed E-state index contributed by atoms with van der Waals surface area (Å²) in [4.78, 5) is 29.4. The van der Waals surface area contributed by atoms with Crippen LogP contribution >= 0.6 is 24.8 Å². The number of ether oxygens (including phenoxy) is 1. The molecule has 0 radical (unpaired) electrons. The number of aryl methyl sites for hydroxylation is 2. The Labute approximate surface area is 170 Å². The minimum atomic E-state index is -0.704. The lowest BCUT2D eigenvalue weighted by molar-refractivity contribution is 0.0138. The summed E-state index contributed by atoms with van der Waals surface area (Å²) in [6, 6.07) is -0.548. The van der Waals surface area contributed by atoms with E-state index in [9.17, 15) is 9.59 Å². The molecule has 0 spiro atoms. The Hall–Kier alpha value is -1.80. The van der Waals surface area contributed by atoms with Crippen molar-refractivity contribution in [2.24, 2.45) is 0 Å². The van der Waals surface area contributed by atoms with Crippen molar-refractivity contribution in [3.63, 3.8) is 0 Å². The molecule has 0 aliphatic carbocycles. The van der Waals surface area contributed by atoms with Gasteiger partial charge in [0.1, 0.15) is 11.6 Å². The van der Waals surface area contributed by atoms with Gasteiger partial charge in [0.05, 0.1) is 21.7 Å². The summed E-state index contributed by atoms with van der Waals surface area (Å²) in [6.45, 7) is 13.0. The topological polar surface area (TPSA) is 72.6 Å². The predicted octanol–water partition coefficient (Wildman–Crippen LogP) is 5.28. The van der Waals surface area contributed by atoms with E-state index >= 15 is 0 Å². The Morgan fingerprint density at radius 3 is 2.44 bits per heavy atom. The second-order valence-corrected chi connectivity index (χ2v) is 8.80. The third-order valence-electron chi connectivity index (χ3n) is 4.53. The molecule has 2 aromatic rings. The van der Waals surface area contributed by atoms with E-state index in [1.54, 1.807) is 20.8 Å². The van der Waals surface area contributed by atoms with Crippen molar-refractivity contribution in [1.29, 1.82) is 0 Å². The number of fused-ring (bicyclic) bond motifs is 3. The van der Waals surface area contributed by atoms with Gasteiger partial charge in [-0.1, -0.05) is 12.1 Å². The molecule has 1 aliphatic rings. The smallest absolute Gasteiger partial charge is 0.418 e. The fourth-order valence-corrected chi connectivity index (χ4v) is 4.47. The lowest BCUT2D eigenvalue weighted by Crippen LogP contribution is -2.42. The maximum absolute atomic E-state index is 13.4. The Balaban J connectivity index is 0.00000261. The van der Waals surface area contributed by atoms with E-state index < -0.39 is 17.7 Å². The van der Waals surface area contributed by atoms with Crippen LogP contribution in [0.2, 0.25) is 0 Å². The molecule has 148 valence electrons.